The molecule has 0 saturated heterocycles. The van der Waals surface area contributed by atoms with Crippen LogP contribution in [0.4, 0.5) is 25.2 Å². The molecule has 0 aliphatic heterocycles. The predicted octanol–water partition coefficient (Wildman–Crippen LogP) is 10.3. The van der Waals surface area contributed by atoms with Gasteiger partial charge >= 0.3 is 33.0 Å². The number of hydrogen-bond donors (Lipinski definition) is 0. The van der Waals surface area contributed by atoms with Crippen LogP contribution in [0, 0.1) is 0 Å². The Hall–Kier alpha value is 0.580. The normalized spacial score (nSPS) is 15.1. The third kappa shape index (κ3) is 18.6. The molecule has 0 radical (unpaired) electrons. The topological polar surface area (TPSA) is 14.1 Å². The molecule has 0 aromatic carbocycles. The van der Waals surface area contributed by atoms with Crippen molar-refractivity contribution in [2.24, 2.45) is 0 Å². The zero-order chi connectivity index (χ0) is 22.6. The van der Waals surface area contributed by atoms with Crippen LogP contribution in [-0.4, -0.2) is 37.0 Å². The van der Waals surface area contributed by atoms with Gasteiger partial charge in [0, 0.05) is 37.0 Å². The van der Waals surface area contributed by atoms with Gasteiger partial charge in [-0.3, -0.25) is 0 Å². The van der Waals surface area contributed by atoms with Crippen molar-refractivity contribution in [1.82, 2.24) is 4.17 Å². The summed E-state index contributed by atoms with van der Waals surface area (Å²) in [5.74, 6) is 0. The van der Waals surface area contributed by atoms with Crippen LogP contribution in [0.3, 0.4) is 0 Å². The van der Waals surface area contributed by atoms with E-state index in [2.05, 4.69) is 41.5 Å². The Balaban J connectivity index is 0. The maximum absolute atomic E-state index is 10.7. The molecule has 10 heteroatoms. The van der Waals surface area contributed by atoms with Crippen LogP contribution in [0.1, 0.15) is 80.1 Å². The van der Waals surface area contributed by atoms with Gasteiger partial charge in [0.15, 0.2) is 0 Å². The molecule has 0 bridgehead atoms. The maximum atomic E-state index is 9.87. The van der Waals surface area contributed by atoms with Gasteiger partial charge in [0.25, 0.3) is 0 Å². The molecule has 0 amide bonds. The zero-order valence-electron chi connectivity index (χ0n) is 18.5. The molecule has 0 rings (SSSR count). The zero-order valence-corrected chi connectivity index (χ0v) is 21.2. The van der Waals surface area contributed by atoms with Crippen molar-refractivity contribution in [3.63, 3.8) is 0 Å². The Bertz CT molecular complexity index is 460. The quantitative estimate of drug-likeness (QED) is 0.150. The van der Waals surface area contributed by atoms with E-state index in [1.54, 1.807) is 0 Å². The second kappa shape index (κ2) is 11.8. The Morgan fingerprint density at radius 2 is 0.607 bits per heavy atom. The first-order chi connectivity index (χ1) is 12.5. The Morgan fingerprint density at radius 3 is 0.714 bits per heavy atom. The fourth-order valence-corrected chi connectivity index (χ4v) is 15.5. The monoisotopic (exact) mass is 479 g/mol. The summed E-state index contributed by atoms with van der Waals surface area (Å²) in [5.41, 5.74) is 0. The van der Waals surface area contributed by atoms with Crippen LogP contribution in [0.15, 0.2) is 0 Å². The molecule has 0 aromatic rings. The van der Waals surface area contributed by atoms with E-state index in [4.69, 9.17) is 4.17 Å². The molecule has 28 heavy (non-hydrogen) atoms. The first-order valence-corrected chi connectivity index (χ1v) is 17.2. The molecule has 0 N–H and O–H groups in total. The van der Waals surface area contributed by atoms with Crippen molar-refractivity contribution in [2.75, 3.05) is 37.0 Å². The molecule has 0 saturated carbocycles. The standard InChI is InChI=1S/C18H42NP2.F6P/c1-7-13-20(14-8-2,15-9-3)19-21(16-10-4,17-11-5)18-12-6;1-7(2,3,4,5)6/h7-18H2,1-6H3;/q+1;-1. The summed E-state index contributed by atoms with van der Waals surface area (Å²) in [4.78, 5) is 0. The molecule has 0 unspecified atom stereocenters. The van der Waals surface area contributed by atoms with Gasteiger partial charge in [-0.2, -0.15) is 4.17 Å². The molecule has 0 aliphatic rings. The first-order valence-electron chi connectivity index (χ1n) is 10.6. The van der Waals surface area contributed by atoms with E-state index in [1.807, 2.05) is 0 Å². The summed E-state index contributed by atoms with van der Waals surface area (Å²) < 4.78 is 65.1. The van der Waals surface area contributed by atoms with Crippen molar-refractivity contribution in [1.29, 1.82) is 0 Å². The van der Waals surface area contributed by atoms with E-state index in [0.29, 0.717) is 0 Å². The van der Waals surface area contributed by atoms with E-state index >= 15 is 0 Å². The molecule has 0 aromatic heterocycles. The second-order valence-corrected chi connectivity index (χ2v) is 17.3. The summed E-state index contributed by atoms with van der Waals surface area (Å²) in [6, 6.07) is 0. The van der Waals surface area contributed by atoms with Gasteiger partial charge in [0.1, 0.15) is 0 Å². The molecule has 0 spiro atoms. The van der Waals surface area contributed by atoms with Crippen molar-refractivity contribution in [3.05, 3.63) is 0 Å². The average molecular weight is 479 g/mol. The van der Waals surface area contributed by atoms with Crippen molar-refractivity contribution < 1.29 is 25.2 Å². The molecule has 0 atom stereocenters. The molecule has 0 aliphatic carbocycles. The summed E-state index contributed by atoms with van der Waals surface area (Å²) in [5, 5.41) is 0. The van der Waals surface area contributed by atoms with Gasteiger partial charge in [0.2, 0.25) is 14.1 Å². The Morgan fingerprint density at radius 1 is 0.464 bits per heavy atom. The molecular weight excluding hydrogens is 437 g/mol. The Kier molecular flexibility index (Phi) is 13.0. The number of halogens is 6. The van der Waals surface area contributed by atoms with Crippen molar-refractivity contribution in [3.8, 4) is 0 Å². The van der Waals surface area contributed by atoms with E-state index in [0.717, 1.165) is 0 Å². The Labute approximate surface area is 168 Å². The molecular formula is C18H42F6NP3. The number of hydrogen-bond acceptors (Lipinski definition) is 0. The van der Waals surface area contributed by atoms with Crippen LogP contribution in [0.5, 0.6) is 0 Å². The van der Waals surface area contributed by atoms with E-state index in [-0.39, 0.29) is 0 Å². The summed E-state index contributed by atoms with van der Waals surface area (Å²) >= 11 is 0. The summed E-state index contributed by atoms with van der Waals surface area (Å²) in [7, 11) is -12.7. The molecule has 0 fully saturated rings. The molecule has 0 heterocycles. The third-order valence-corrected chi connectivity index (χ3v) is 14.9. The van der Waals surface area contributed by atoms with Crippen LogP contribution in [0.25, 0.3) is 0 Å². The van der Waals surface area contributed by atoms with Crippen molar-refractivity contribution >= 4 is 21.9 Å². The first kappa shape index (κ1) is 30.8. The minimum atomic E-state index is -10.7. The average Bonchev–Trinajstić information content (AvgIpc) is 2.45. The van der Waals surface area contributed by atoms with Crippen LogP contribution in [0.2, 0.25) is 0 Å². The van der Waals surface area contributed by atoms with Crippen LogP contribution >= 0.6 is 21.9 Å². The van der Waals surface area contributed by atoms with Gasteiger partial charge < -0.3 is 0 Å². The van der Waals surface area contributed by atoms with E-state index in [1.165, 1.54) is 75.5 Å². The fraction of sp³-hybridized carbons (Fsp3) is 1.00. The number of rotatable bonds is 12. The van der Waals surface area contributed by atoms with Gasteiger partial charge in [0.05, 0.1) is 0 Å². The third-order valence-electron chi connectivity index (χ3n) is 4.22. The van der Waals surface area contributed by atoms with E-state index < -0.39 is 21.9 Å². The fourth-order valence-electron chi connectivity index (χ4n) is 3.84. The van der Waals surface area contributed by atoms with Gasteiger partial charge in [-0.25, -0.2) is 0 Å². The number of nitrogens with zero attached hydrogens (tertiary/aromatic N) is 1. The predicted molar refractivity (Wildman–Crippen MR) is 120 cm³/mol. The van der Waals surface area contributed by atoms with Gasteiger partial charge in [-0.05, 0) is 38.5 Å². The SMILES string of the molecule is CCCP(CCC)(CCC)=[N+]=P(CCC)(CCC)CCC.F[P-](F)(F)(F)(F)F. The van der Waals surface area contributed by atoms with Crippen molar-refractivity contribution in [2.45, 2.75) is 80.1 Å². The van der Waals surface area contributed by atoms with Gasteiger partial charge in [-0.1, -0.05) is 41.5 Å². The summed E-state index contributed by atoms with van der Waals surface area (Å²) in [6.07, 6.45) is 16.6. The molecule has 176 valence electrons. The van der Waals surface area contributed by atoms with E-state index in [9.17, 15) is 25.2 Å². The van der Waals surface area contributed by atoms with Crippen LogP contribution in [-0.2, 0) is 0 Å². The minimum absolute atomic E-state index is 1.03. The van der Waals surface area contributed by atoms with Gasteiger partial charge in [-0.15, -0.1) is 0 Å². The summed E-state index contributed by atoms with van der Waals surface area (Å²) in [6.45, 7) is 14.2. The molecule has 1 nitrogen and oxygen atoms in total. The van der Waals surface area contributed by atoms with Crippen LogP contribution < -0.4 is 4.17 Å². The second-order valence-electron chi connectivity index (χ2n) is 7.58.